The molecule has 0 aromatic heterocycles. The van der Waals surface area contributed by atoms with Crippen LogP contribution in [0.4, 0.5) is 11.4 Å². The summed E-state index contributed by atoms with van der Waals surface area (Å²) in [6.07, 6.45) is 0. The maximum absolute atomic E-state index is 11.1. The predicted octanol–water partition coefficient (Wildman–Crippen LogP) is 1.41. The Morgan fingerprint density at radius 1 is 1.29 bits per heavy atom. The first kappa shape index (κ1) is 12.8. The van der Waals surface area contributed by atoms with Crippen LogP contribution in [0.2, 0.25) is 0 Å². The molecule has 0 saturated heterocycles. The van der Waals surface area contributed by atoms with Crippen LogP contribution in [0.3, 0.4) is 0 Å². The third kappa shape index (κ3) is 2.30. The average Bonchev–Trinajstić information content (AvgIpc) is 2.15. The van der Waals surface area contributed by atoms with Gasteiger partial charge in [0, 0.05) is 6.54 Å². The monoisotopic (exact) mass is 238 g/mol. The molecule has 17 heavy (non-hydrogen) atoms. The van der Waals surface area contributed by atoms with Gasteiger partial charge in [0.2, 0.25) is 0 Å². The second-order valence-corrected chi connectivity index (χ2v) is 3.55. The number of aryl methyl sites for hydroxylation is 1. The quantitative estimate of drug-likeness (QED) is 0.590. The summed E-state index contributed by atoms with van der Waals surface area (Å²) in [4.78, 5) is 22.1. The zero-order chi connectivity index (χ0) is 13.2. The minimum absolute atomic E-state index is 0.163. The second kappa shape index (κ2) is 4.73. The van der Waals surface area contributed by atoms with E-state index in [1.54, 1.807) is 6.92 Å². The molecule has 0 atom stereocenters. The van der Waals surface area contributed by atoms with Crippen molar-refractivity contribution >= 4 is 23.3 Å². The molecular weight excluding hydrogens is 224 g/mol. The molecule has 0 bridgehead atoms. The molecule has 1 aromatic carbocycles. The van der Waals surface area contributed by atoms with E-state index in [0.29, 0.717) is 17.8 Å². The molecule has 0 radical (unpaired) electrons. The Morgan fingerprint density at radius 3 is 2.24 bits per heavy atom. The van der Waals surface area contributed by atoms with Gasteiger partial charge in [0.15, 0.2) is 0 Å². The first-order chi connectivity index (χ1) is 7.90. The Bertz CT molecular complexity index is 483. The number of anilines is 2. The zero-order valence-corrected chi connectivity index (χ0v) is 9.57. The summed E-state index contributed by atoms with van der Waals surface area (Å²) in [6.45, 7) is 3.90. The highest BCUT2D eigenvalue weighted by Gasteiger charge is 2.22. The number of carboxylic acids is 2. The molecule has 1 aromatic rings. The molecule has 92 valence electrons. The van der Waals surface area contributed by atoms with Gasteiger partial charge in [0.1, 0.15) is 5.56 Å². The fraction of sp³-hybridized carbons (Fsp3) is 0.273. The Balaban J connectivity index is 3.57. The van der Waals surface area contributed by atoms with Gasteiger partial charge in [-0.05, 0) is 25.5 Å². The summed E-state index contributed by atoms with van der Waals surface area (Å²) in [5.74, 6) is -2.48. The Kier molecular flexibility index (Phi) is 3.57. The molecule has 0 aliphatic heterocycles. The number of hydrogen-bond donors (Lipinski definition) is 4. The molecule has 0 spiro atoms. The molecule has 0 aliphatic carbocycles. The molecule has 1 rings (SSSR count). The van der Waals surface area contributed by atoms with Crippen LogP contribution in [0.15, 0.2) is 6.07 Å². The van der Waals surface area contributed by atoms with E-state index in [-0.39, 0.29) is 16.8 Å². The van der Waals surface area contributed by atoms with Crippen LogP contribution in [0.1, 0.15) is 33.2 Å². The standard InChI is InChI=1S/C11H14N2O4/c1-3-13-6-4-5(2)7(10(14)15)9(12)8(6)11(16)17/h4,13H,3,12H2,1-2H3,(H,14,15)(H,16,17). The van der Waals surface area contributed by atoms with Crippen molar-refractivity contribution in [1.82, 2.24) is 0 Å². The maximum atomic E-state index is 11.1. The third-order valence-electron chi connectivity index (χ3n) is 2.36. The van der Waals surface area contributed by atoms with Gasteiger partial charge in [-0.1, -0.05) is 0 Å². The summed E-state index contributed by atoms with van der Waals surface area (Å²) in [5.41, 5.74) is 5.79. The lowest BCUT2D eigenvalue weighted by atomic mass is 9.99. The summed E-state index contributed by atoms with van der Waals surface area (Å²) >= 11 is 0. The van der Waals surface area contributed by atoms with Gasteiger partial charge >= 0.3 is 11.9 Å². The smallest absolute Gasteiger partial charge is 0.339 e. The van der Waals surface area contributed by atoms with Gasteiger partial charge in [-0.3, -0.25) is 0 Å². The molecule has 0 unspecified atom stereocenters. The van der Waals surface area contributed by atoms with Gasteiger partial charge in [-0.25, -0.2) is 9.59 Å². The SMILES string of the molecule is CCNc1cc(C)c(C(=O)O)c(N)c1C(=O)O. The largest absolute Gasteiger partial charge is 0.478 e. The zero-order valence-electron chi connectivity index (χ0n) is 9.57. The van der Waals surface area contributed by atoms with Crippen LogP contribution < -0.4 is 11.1 Å². The van der Waals surface area contributed by atoms with E-state index in [1.165, 1.54) is 6.07 Å². The molecule has 0 aliphatic rings. The number of rotatable bonds is 4. The van der Waals surface area contributed by atoms with Crippen LogP contribution in [-0.2, 0) is 0 Å². The van der Waals surface area contributed by atoms with Crippen molar-refractivity contribution in [2.24, 2.45) is 0 Å². The van der Waals surface area contributed by atoms with Crippen LogP contribution in [-0.4, -0.2) is 28.7 Å². The van der Waals surface area contributed by atoms with Crippen molar-refractivity contribution in [3.8, 4) is 0 Å². The molecule has 6 nitrogen and oxygen atoms in total. The minimum atomic E-state index is -1.25. The summed E-state index contributed by atoms with van der Waals surface area (Å²) in [6, 6.07) is 1.48. The number of nitrogen functional groups attached to an aromatic ring is 1. The summed E-state index contributed by atoms with van der Waals surface area (Å²) < 4.78 is 0. The van der Waals surface area contributed by atoms with E-state index in [4.69, 9.17) is 15.9 Å². The van der Waals surface area contributed by atoms with E-state index in [1.807, 2.05) is 6.92 Å². The van der Waals surface area contributed by atoms with Gasteiger partial charge in [-0.2, -0.15) is 0 Å². The van der Waals surface area contributed by atoms with Crippen LogP contribution in [0, 0.1) is 6.92 Å². The maximum Gasteiger partial charge on any atom is 0.339 e. The third-order valence-corrected chi connectivity index (χ3v) is 2.36. The number of nitrogens with two attached hydrogens (primary N) is 1. The number of nitrogens with one attached hydrogen (secondary N) is 1. The van der Waals surface area contributed by atoms with Crippen molar-refractivity contribution in [2.45, 2.75) is 13.8 Å². The van der Waals surface area contributed by atoms with Crippen molar-refractivity contribution in [2.75, 3.05) is 17.6 Å². The van der Waals surface area contributed by atoms with E-state index >= 15 is 0 Å². The molecule has 0 fully saturated rings. The van der Waals surface area contributed by atoms with Crippen molar-refractivity contribution in [3.05, 3.63) is 22.8 Å². The number of carboxylic acid groups (broad SMARTS) is 2. The molecule has 5 N–H and O–H groups in total. The molecule has 0 amide bonds. The van der Waals surface area contributed by atoms with E-state index in [0.717, 1.165) is 0 Å². The van der Waals surface area contributed by atoms with Gasteiger partial charge < -0.3 is 21.3 Å². The Hall–Kier alpha value is -2.24. The molecule has 0 heterocycles. The van der Waals surface area contributed by atoms with Crippen LogP contribution in [0.5, 0.6) is 0 Å². The van der Waals surface area contributed by atoms with E-state index in [2.05, 4.69) is 5.32 Å². The van der Waals surface area contributed by atoms with Crippen molar-refractivity contribution in [1.29, 1.82) is 0 Å². The van der Waals surface area contributed by atoms with Crippen molar-refractivity contribution in [3.63, 3.8) is 0 Å². The second-order valence-electron chi connectivity index (χ2n) is 3.55. The van der Waals surface area contributed by atoms with Crippen molar-refractivity contribution < 1.29 is 19.8 Å². The lowest BCUT2D eigenvalue weighted by Gasteiger charge is -2.14. The predicted molar refractivity (Wildman–Crippen MR) is 63.7 cm³/mol. The fourth-order valence-corrected chi connectivity index (χ4v) is 1.69. The van der Waals surface area contributed by atoms with Gasteiger partial charge in [0.25, 0.3) is 0 Å². The Labute approximate surface area is 98.1 Å². The van der Waals surface area contributed by atoms with Gasteiger partial charge in [-0.15, -0.1) is 0 Å². The highest BCUT2D eigenvalue weighted by atomic mass is 16.4. The number of carbonyl (C=O) groups is 2. The normalized spacial score (nSPS) is 10.0. The van der Waals surface area contributed by atoms with E-state index in [9.17, 15) is 9.59 Å². The fourth-order valence-electron chi connectivity index (χ4n) is 1.69. The first-order valence-electron chi connectivity index (χ1n) is 5.03. The lowest BCUT2D eigenvalue weighted by Crippen LogP contribution is -2.14. The minimum Gasteiger partial charge on any atom is -0.478 e. The van der Waals surface area contributed by atoms with Crippen LogP contribution in [0.25, 0.3) is 0 Å². The average molecular weight is 238 g/mol. The summed E-state index contributed by atoms with van der Waals surface area (Å²) in [5, 5.41) is 20.9. The number of benzene rings is 1. The Morgan fingerprint density at radius 2 is 1.82 bits per heavy atom. The summed E-state index contributed by atoms with van der Waals surface area (Å²) in [7, 11) is 0. The number of hydrogen-bond acceptors (Lipinski definition) is 4. The van der Waals surface area contributed by atoms with Gasteiger partial charge in [0.05, 0.1) is 16.9 Å². The molecular formula is C11H14N2O4. The highest BCUT2D eigenvalue weighted by molar-refractivity contribution is 6.07. The topological polar surface area (TPSA) is 113 Å². The molecule has 6 heteroatoms. The molecule has 0 saturated carbocycles. The first-order valence-corrected chi connectivity index (χ1v) is 5.03. The highest BCUT2D eigenvalue weighted by Crippen LogP contribution is 2.29. The van der Waals surface area contributed by atoms with E-state index < -0.39 is 11.9 Å². The number of aromatic carboxylic acids is 2. The lowest BCUT2D eigenvalue weighted by molar-refractivity contribution is 0.0695. The van der Waals surface area contributed by atoms with Crippen LogP contribution >= 0.6 is 0 Å².